The van der Waals surface area contributed by atoms with E-state index in [1.165, 1.54) is 5.56 Å². The van der Waals surface area contributed by atoms with Crippen LogP contribution in [0.3, 0.4) is 0 Å². The first kappa shape index (κ1) is 17.0. The van der Waals surface area contributed by atoms with E-state index in [1.807, 2.05) is 30.3 Å². The highest BCUT2D eigenvalue weighted by Gasteiger charge is 2.35. The molecule has 0 aromatic heterocycles. The van der Waals surface area contributed by atoms with Gasteiger partial charge in [-0.15, -0.1) is 0 Å². The maximum Gasteiger partial charge on any atom is 0.316 e. The van der Waals surface area contributed by atoms with Crippen LogP contribution >= 0.6 is 0 Å². The molecule has 0 aliphatic carbocycles. The largest absolute Gasteiger partial charge is 0.497 e. The van der Waals surface area contributed by atoms with Crippen molar-refractivity contribution in [2.24, 2.45) is 5.92 Å². The number of ether oxygens (including phenoxy) is 2. The van der Waals surface area contributed by atoms with Gasteiger partial charge in [0, 0.05) is 19.5 Å². The van der Waals surface area contributed by atoms with Gasteiger partial charge in [-0.2, -0.15) is 0 Å². The summed E-state index contributed by atoms with van der Waals surface area (Å²) in [6.45, 7) is 1.04. The van der Waals surface area contributed by atoms with E-state index in [0.717, 1.165) is 6.42 Å². The number of benzene rings is 2. The molecular formula is C20H21NO4. The van der Waals surface area contributed by atoms with Crippen LogP contribution in [-0.4, -0.2) is 37.0 Å². The van der Waals surface area contributed by atoms with Gasteiger partial charge in [0.25, 0.3) is 0 Å². The second kappa shape index (κ2) is 7.83. The van der Waals surface area contributed by atoms with E-state index in [1.54, 1.807) is 36.3 Å². The third-order valence-corrected chi connectivity index (χ3v) is 4.34. The molecule has 5 heteroatoms. The standard InChI is InChI=1S/C20H21NO4/c1-24-17-7-9-18(10-8-17)25-20(23)16-13-19(22)21(14-16)12-11-15-5-3-2-4-6-15/h2-10,16H,11-14H2,1H3. The van der Waals surface area contributed by atoms with Crippen molar-refractivity contribution in [1.82, 2.24) is 4.90 Å². The molecule has 1 saturated heterocycles. The maximum atomic E-state index is 12.3. The third kappa shape index (κ3) is 4.38. The molecule has 0 N–H and O–H groups in total. The molecule has 1 atom stereocenters. The summed E-state index contributed by atoms with van der Waals surface area (Å²) in [7, 11) is 1.58. The smallest absolute Gasteiger partial charge is 0.316 e. The van der Waals surface area contributed by atoms with Crippen LogP contribution in [0.25, 0.3) is 0 Å². The van der Waals surface area contributed by atoms with E-state index in [2.05, 4.69) is 0 Å². The van der Waals surface area contributed by atoms with Gasteiger partial charge in [0.1, 0.15) is 11.5 Å². The Hall–Kier alpha value is -2.82. The molecule has 2 aromatic carbocycles. The van der Waals surface area contributed by atoms with Crippen molar-refractivity contribution in [2.75, 3.05) is 20.2 Å². The Labute approximate surface area is 147 Å². The summed E-state index contributed by atoms with van der Waals surface area (Å²) in [5.74, 6) is 0.391. The summed E-state index contributed by atoms with van der Waals surface area (Å²) in [5.41, 5.74) is 1.18. The number of hydrogen-bond donors (Lipinski definition) is 0. The summed E-state index contributed by atoms with van der Waals surface area (Å²) >= 11 is 0. The Morgan fingerprint density at radius 1 is 1.08 bits per heavy atom. The SMILES string of the molecule is COc1ccc(OC(=O)C2CC(=O)N(CCc3ccccc3)C2)cc1. The lowest BCUT2D eigenvalue weighted by atomic mass is 10.1. The number of nitrogens with zero attached hydrogens (tertiary/aromatic N) is 1. The summed E-state index contributed by atoms with van der Waals surface area (Å²) in [4.78, 5) is 26.2. The van der Waals surface area contributed by atoms with Crippen LogP contribution in [0.1, 0.15) is 12.0 Å². The lowest BCUT2D eigenvalue weighted by Gasteiger charge is -2.16. The monoisotopic (exact) mass is 339 g/mol. The van der Waals surface area contributed by atoms with Gasteiger partial charge in [-0.1, -0.05) is 30.3 Å². The first-order chi connectivity index (χ1) is 12.2. The van der Waals surface area contributed by atoms with Crippen LogP contribution in [-0.2, 0) is 16.0 Å². The van der Waals surface area contributed by atoms with Crippen LogP contribution in [0.2, 0.25) is 0 Å². The van der Waals surface area contributed by atoms with E-state index < -0.39 is 5.92 Å². The van der Waals surface area contributed by atoms with Crippen molar-refractivity contribution in [3.63, 3.8) is 0 Å². The number of likely N-dealkylation sites (tertiary alicyclic amines) is 1. The number of amides is 1. The minimum absolute atomic E-state index is 0.00705. The van der Waals surface area contributed by atoms with Gasteiger partial charge >= 0.3 is 5.97 Å². The van der Waals surface area contributed by atoms with Crippen molar-refractivity contribution in [1.29, 1.82) is 0 Å². The van der Waals surface area contributed by atoms with Crippen LogP contribution in [0.15, 0.2) is 54.6 Å². The molecule has 0 saturated carbocycles. The second-order valence-electron chi connectivity index (χ2n) is 6.07. The molecule has 25 heavy (non-hydrogen) atoms. The molecule has 1 amide bonds. The molecule has 1 unspecified atom stereocenters. The molecule has 1 fully saturated rings. The molecule has 130 valence electrons. The molecule has 3 rings (SSSR count). The van der Waals surface area contributed by atoms with E-state index in [0.29, 0.717) is 24.6 Å². The molecule has 0 bridgehead atoms. The van der Waals surface area contributed by atoms with Gasteiger partial charge in [0.05, 0.1) is 13.0 Å². The molecule has 1 heterocycles. The summed E-state index contributed by atoms with van der Waals surface area (Å²) in [6.07, 6.45) is 0.997. The second-order valence-corrected chi connectivity index (χ2v) is 6.07. The summed E-state index contributed by atoms with van der Waals surface area (Å²) in [6, 6.07) is 16.8. The fourth-order valence-corrected chi connectivity index (χ4v) is 2.90. The zero-order chi connectivity index (χ0) is 17.6. The Kier molecular flexibility index (Phi) is 5.33. The Balaban J connectivity index is 1.53. The minimum Gasteiger partial charge on any atom is -0.497 e. The van der Waals surface area contributed by atoms with Crippen LogP contribution < -0.4 is 9.47 Å². The molecule has 0 radical (unpaired) electrons. The van der Waals surface area contributed by atoms with Gasteiger partial charge in [-0.25, -0.2) is 0 Å². The third-order valence-electron chi connectivity index (χ3n) is 4.34. The van der Waals surface area contributed by atoms with Crippen molar-refractivity contribution >= 4 is 11.9 Å². The topological polar surface area (TPSA) is 55.8 Å². The number of rotatable bonds is 6. The highest BCUT2D eigenvalue weighted by molar-refractivity contribution is 5.87. The van der Waals surface area contributed by atoms with Gasteiger partial charge in [0.2, 0.25) is 5.91 Å². The van der Waals surface area contributed by atoms with E-state index in [-0.39, 0.29) is 18.3 Å². The Bertz CT molecular complexity index is 727. The fourth-order valence-electron chi connectivity index (χ4n) is 2.90. The number of carbonyl (C=O) groups is 2. The number of carbonyl (C=O) groups excluding carboxylic acids is 2. The summed E-state index contributed by atoms with van der Waals surface area (Å²) < 4.78 is 10.5. The van der Waals surface area contributed by atoms with Crippen molar-refractivity contribution in [2.45, 2.75) is 12.8 Å². The van der Waals surface area contributed by atoms with E-state index in [4.69, 9.17) is 9.47 Å². The molecule has 1 aliphatic rings. The quantitative estimate of drug-likeness (QED) is 0.600. The van der Waals surface area contributed by atoms with Crippen LogP contribution in [0.5, 0.6) is 11.5 Å². The molecule has 1 aliphatic heterocycles. The predicted octanol–water partition coefficient (Wildman–Crippen LogP) is 2.69. The summed E-state index contributed by atoms with van der Waals surface area (Å²) in [5, 5.41) is 0. The van der Waals surface area contributed by atoms with Gasteiger partial charge < -0.3 is 14.4 Å². The van der Waals surface area contributed by atoms with Crippen LogP contribution in [0, 0.1) is 5.92 Å². The molecule has 2 aromatic rings. The molecule has 0 spiro atoms. The van der Waals surface area contributed by atoms with Crippen molar-refractivity contribution < 1.29 is 19.1 Å². The van der Waals surface area contributed by atoms with Crippen LogP contribution in [0.4, 0.5) is 0 Å². The average molecular weight is 339 g/mol. The minimum atomic E-state index is -0.412. The zero-order valence-corrected chi connectivity index (χ0v) is 14.2. The van der Waals surface area contributed by atoms with E-state index in [9.17, 15) is 9.59 Å². The highest BCUT2D eigenvalue weighted by atomic mass is 16.5. The van der Waals surface area contributed by atoms with Gasteiger partial charge in [-0.3, -0.25) is 9.59 Å². The van der Waals surface area contributed by atoms with Gasteiger partial charge in [-0.05, 0) is 36.2 Å². The first-order valence-corrected chi connectivity index (χ1v) is 8.33. The highest BCUT2D eigenvalue weighted by Crippen LogP contribution is 2.23. The van der Waals surface area contributed by atoms with Gasteiger partial charge in [0.15, 0.2) is 0 Å². The molecular weight excluding hydrogens is 318 g/mol. The lowest BCUT2D eigenvalue weighted by Crippen LogP contribution is -2.29. The van der Waals surface area contributed by atoms with Crippen molar-refractivity contribution in [3.05, 3.63) is 60.2 Å². The Morgan fingerprint density at radius 3 is 2.44 bits per heavy atom. The first-order valence-electron chi connectivity index (χ1n) is 8.33. The maximum absolute atomic E-state index is 12.3. The lowest BCUT2D eigenvalue weighted by molar-refractivity contribution is -0.139. The fraction of sp³-hybridized carbons (Fsp3) is 0.300. The zero-order valence-electron chi connectivity index (χ0n) is 14.2. The van der Waals surface area contributed by atoms with Crippen molar-refractivity contribution in [3.8, 4) is 11.5 Å². The normalized spacial score (nSPS) is 16.8. The molecule has 5 nitrogen and oxygen atoms in total. The number of methoxy groups -OCH3 is 1. The Morgan fingerprint density at radius 2 is 1.76 bits per heavy atom. The number of esters is 1. The predicted molar refractivity (Wildman–Crippen MR) is 93.5 cm³/mol. The average Bonchev–Trinajstić information content (AvgIpc) is 3.02. The van der Waals surface area contributed by atoms with E-state index >= 15 is 0 Å². The number of hydrogen-bond acceptors (Lipinski definition) is 4.